The number of hydrogen-bond donors (Lipinski definition) is 0. The van der Waals surface area contributed by atoms with E-state index in [1.54, 1.807) is 6.07 Å². The first-order valence-electron chi connectivity index (χ1n) is 13.2. The summed E-state index contributed by atoms with van der Waals surface area (Å²) in [7, 11) is 0. The Hall–Kier alpha value is -2.73. The van der Waals surface area contributed by atoms with Gasteiger partial charge in [-0.2, -0.15) is 0 Å². The first-order chi connectivity index (χ1) is 17.8. The summed E-state index contributed by atoms with van der Waals surface area (Å²) < 4.78 is 80.2. The van der Waals surface area contributed by atoms with E-state index in [0.29, 0.717) is 31.4 Å². The second-order valence-corrected chi connectivity index (χ2v) is 9.97. The molecular formula is C31H33F5O. The summed E-state index contributed by atoms with van der Waals surface area (Å²) in [6.07, 6.45) is 6.67. The molecule has 3 aromatic rings. The third-order valence-electron chi connectivity index (χ3n) is 7.32. The zero-order chi connectivity index (χ0) is 26.5. The Balaban J connectivity index is 1.51. The lowest BCUT2D eigenvalue weighted by molar-refractivity contribution is -0.0218. The predicted molar refractivity (Wildman–Crippen MR) is 137 cm³/mol. The fourth-order valence-electron chi connectivity index (χ4n) is 5.16. The highest BCUT2D eigenvalue weighted by Gasteiger charge is 2.24. The topological polar surface area (TPSA) is 9.23 Å². The Bertz CT molecular complexity index is 1230. The molecule has 198 valence electrons. The highest BCUT2D eigenvalue weighted by Crippen LogP contribution is 2.35. The highest BCUT2D eigenvalue weighted by atomic mass is 19.2. The lowest BCUT2D eigenvalue weighted by atomic mass is 9.90. The number of aryl methyl sites for hydroxylation is 2. The van der Waals surface area contributed by atoms with Crippen LogP contribution >= 0.6 is 0 Å². The number of ether oxygens (including phenoxy) is 1. The van der Waals surface area contributed by atoms with Crippen LogP contribution in [0.3, 0.4) is 0 Å². The van der Waals surface area contributed by atoms with Crippen molar-refractivity contribution in [1.82, 2.24) is 0 Å². The molecule has 0 aromatic heterocycles. The maximum Gasteiger partial charge on any atom is 0.167 e. The number of rotatable bonds is 9. The molecule has 0 radical (unpaired) electrons. The van der Waals surface area contributed by atoms with Crippen LogP contribution in [0.25, 0.3) is 22.3 Å². The van der Waals surface area contributed by atoms with Crippen LogP contribution < -0.4 is 0 Å². The van der Waals surface area contributed by atoms with Gasteiger partial charge in [0.1, 0.15) is 5.82 Å². The van der Waals surface area contributed by atoms with E-state index in [2.05, 4.69) is 6.92 Å². The summed E-state index contributed by atoms with van der Waals surface area (Å²) >= 11 is 0. The van der Waals surface area contributed by atoms with Gasteiger partial charge in [-0.25, -0.2) is 22.0 Å². The van der Waals surface area contributed by atoms with Gasteiger partial charge in [0.2, 0.25) is 0 Å². The second kappa shape index (κ2) is 12.2. The van der Waals surface area contributed by atoms with E-state index in [-0.39, 0.29) is 39.8 Å². The molecule has 1 heterocycles. The SMILES string of the molecule is CCCc1ccc(-c2ccc(-c3ccc(CCC4CCC(CCC)OC4)c(F)c3F)c(F)c2F)cc1F. The predicted octanol–water partition coefficient (Wildman–Crippen LogP) is 9.20. The van der Waals surface area contributed by atoms with Gasteiger partial charge >= 0.3 is 0 Å². The summed E-state index contributed by atoms with van der Waals surface area (Å²) in [5.41, 5.74) is 0.00810. The molecule has 0 spiro atoms. The quantitative estimate of drug-likeness (QED) is 0.258. The van der Waals surface area contributed by atoms with Crippen molar-refractivity contribution in [3.8, 4) is 22.3 Å². The van der Waals surface area contributed by atoms with Crippen molar-refractivity contribution in [2.45, 2.75) is 71.3 Å². The summed E-state index contributed by atoms with van der Waals surface area (Å²) in [6, 6.07) is 9.44. The van der Waals surface area contributed by atoms with Crippen LogP contribution in [0.15, 0.2) is 42.5 Å². The van der Waals surface area contributed by atoms with Crippen molar-refractivity contribution in [3.05, 3.63) is 82.7 Å². The molecular weight excluding hydrogens is 483 g/mol. The van der Waals surface area contributed by atoms with Gasteiger partial charge in [-0.15, -0.1) is 0 Å². The average molecular weight is 517 g/mol. The van der Waals surface area contributed by atoms with Gasteiger partial charge in [-0.1, -0.05) is 63.1 Å². The minimum atomic E-state index is -1.30. The van der Waals surface area contributed by atoms with E-state index in [1.807, 2.05) is 6.92 Å². The molecule has 1 fully saturated rings. The van der Waals surface area contributed by atoms with Gasteiger partial charge in [0.15, 0.2) is 23.3 Å². The Kier molecular flexibility index (Phi) is 9.01. The molecule has 4 rings (SSSR count). The van der Waals surface area contributed by atoms with E-state index in [1.165, 1.54) is 36.4 Å². The Morgan fingerprint density at radius 2 is 1.32 bits per heavy atom. The van der Waals surface area contributed by atoms with Crippen LogP contribution in [0.4, 0.5) is 22.0 Å². The summed E-state index contributed by atoms with van der Waals surface area (Å²) in [4.78, 5) is 0. The molecule has 1 nitrogen and oxygen atoms in total. The molecule has 0 N–H and O–H groups in total. The Morgan fingerprint density at radius 1 is 0.676 bits per heavy atom. The molecule has 0 aliphatic carbocycles. The van der Waals surface area contributed by atoms with Crippen LogP contribution in [0, 0.1) is 35.0 Å². The molecule has 37 heavy (non-hydrogen) atoms. The normalized spacial score (nSPS) is 17.8. The fraction of sp³-hybridized carbons (Fsp3) is 0.419. The average Bonchev–Trinajstić information content (AvgIpc) is 2.89. The smallest absolute Gasteiger partial charge is 0.167 e. The maximum absolute atomic E-state index is 15.1. The molecule has 1 saturated heterocycles. The van der Waals surface area contributed by atoms with Gasteiger partial charge in [0.25, 0.3) is 0 Å². The van der Waals surface area contributed by atoms with E-state index in [0.717, 1.165) is 32.1 Å². The first-order valence-corrected chi connectivity index (χ1v) is 13.2. The van der Waals surface area contributed by atoms with Crippen LogP contribution in [-0.4, -0.2) is 12.7 Å². The standard InChI is InChI=1S/C31H33F5O/c1-3-5-20-10-11-22(17-27(20)32)24-15-16-26(31(36)29(24)34)25-14-12-21(28(33)30(25)35)9-7-19-8-13-23(6-4-2)37-18-19/h10-12,14-17,19,23H,3-9,13,18H2,1-2H3. The summed E-state index contributed by atoms with van der Waals surface area (Å²) in [5, 5.41) is 0. The fourth-order valence-corrected chi connectivity index (χ4v) is 5.16. The number of hydrogen-bond acceptors (Lipinski definition) is 1. The maximum atomic E-state index is 15.1. The summed E-state index contributed by atoms with van der Waals surface area (Å²) in [5.74, 6) is -5.00. The first kappa shape index (κ1) is 27.3. The largest absolute Gasteiger partial charge is 0.378 e. The number of halogens is 5. The molecule has 1 aliphatic heterocycles. The molecule has 0 bridgehead atoms. The van der Waals surface area contributed by atoms with Crippen molar-refractivity contribution < 1.29 is 26.7 Å². The molecule has 6 heteroatoms. The highest BCUT2D eigenvalue weighted by molar-refractivity contribution is 5.72. The van der Waals surface area contributed by atoms with Crippen LogP contribution in [-0.2, 0) is 17.6 Å². The van der Waals surface area contributed by atoms with Gasteiger partial charge in [-0.05, 0) is 67.2 Å². The van der Waals surface area contributed by atoms with E-state index >= 15 is 13.2 Å². The number of benzene rings is 3. The van der Waals surface area contributed by atoms with Crippen molar-refractivity contribution in [1.29, 1.82) is 0 Å². The molecule has 0 amide bonds. The zero-order valence-electron chi connectivity index (χ0n) is 21.4. The lowest BCUT2D eigenvalue weighted by Gasteiger charge is -2.29. The van der Waals surface area contributed by atoms with Crippen molar-refractivity contribution >= 4 is 0 Å². The van der Waals surface area contributed by atoms with Gasteiger partial charge in [-0.3, -0.25) is 0 Å². The third kappa shape index (κ3) is 6.06. The third-order valence-corrected chi connectivity index (χ3v) is 7.32. The van der Waals surface area contributed by atoms with Crippen LogP contribution in [0.1, 0.15) is 63.5 Å². The van der Waals surface area contributed by atoms with Crippen LogP contribution in [0.2, 0.25) is 0 Å². The Morgan fingerprint density at radius 3 is 1.97 bits per heavy atom. The van der Waals surface area contributed by atoms with Crippen molar-refractivity contribution in [3.63, 3.8) is 0 Å². The van der Waals surface area contributed by atoms with Crippen molar-refractivity contribution in [2.24, 2.45) is 5.92 Å². The minimum absolute atomic E-state index is 0.142. The molecule has 2 unspecified atom stereocenters. The molecule has 1 aliphatic rings. The second-order valence-electron chi connectivity index (χ2n) is 9.97. The van der Waals surface area contributed by atoms with Crippen molar-refractivity contribution in [2.75, 3.05) is 6.61 Å². The van der Waals surface area contributed by atoms with Gasteiger partial charge in [0, 0.05) is 23.3 Å². The van der Waals surface area contributed by atoms with Crippen LogP contribution in [0.5, 0.6) is 0 Å². The van der Waals surface area contributed by atoms with E-state index < -0.39 is 29.1 Å². The zero-order valence-corrected chi connectivity index (χ0v) is 21.4. The van der Waals surface area contributed by atoms with Gasteiger partial charge < -0.3 is 4.74 Å². The lowest BCUT2D eigenvalue weighted by Crippen LogP contribution is -2.26. The molecule has 0 saturated carbocycles. The summed E-state index contributed by atoms with van der Waals surface area (Å²) in [6.45, 7) is 4.66. The van der Waals surface area contributed by atoms with E-state index in [9.17, 15) is 8.78 Å². The monoisotopic (exact) mass is 516 g/mol. The Labute approximate surface area is 215 Å². The molecule has 2 atom stereocenters. The minimum Gasteiger partial charge on any atom is -0.378 e. The van der Waals surface area contributed by atoms with Gasteiger partial charge in [0.05, 0.1) is 6.10 Å². The molecule has 3 aromatic carbocycles. The van der Waals surface area contributed by atoms with E-state index in [4.69, 9.17) is 4.74 Å².